The highest BCUT2D eigenvalue weighted by atomic mass is 19.4. The van der Waals surface area contributed by atoms with Crippen LogP contribution in [0.2, 0.25) is 0 Å². The summed E-state index contributed by atoms with van der Waals surface area (Å²) in [5.74, 6) is -1.29. The van der Waals surface area contributed by atoms with Crippen LogP contribution in [-0.4, -0.2) is 19.1 Å². The number of carbonyl (C=O) groups excluding carboxylic acids is 1. The molecule has 0 saturated heterocycles. The zero-order valence-electron chi connectivity index (χ0n) is 14.2. The van der Waals surface area contributed by atoms with Crippen molar-refractivity contribution in [3.8, 4) is 0 Å². The summed E-state index contributed by atoms with van der Waals surface area (Å²) in [5.41, 5.74) is -0.0787. The molecule has 0 aliphatic carbocycles. The van der Waals surface area contributed by atoms with Gasteiger partial charge in [-0.05, 0) is 54.9 Å². The van der Waals surface area contributed by atoms with Gasteiger partial charge in [0, 0.05) is 24.8 Å². The normalized spacial score (nSPS) is 11.3. The van der Waals surface area contributed by atoms with E-state index < -0.39 is 29.4 Å². The number of urea groups is 1. The first-order chi connectivity index (χ1) is 12.7. The molecular formula is C18H18F5N3O. The van der Waals surface area contributed by atoms with E-state index in [-0.39, 0.29) is 12.2 Å². The van der Waals surface area contributed by atoms with Gasteiger partial charge in [-0.2, -0.15) is 13.2 Å². The summed E-state index contributed by atoms with van der Waals surface area (Å²) in [6.07, 6.45) is -3.87. The largest absolute Gasteiger partial charge is 0.416 e. The van der Waals surface area contributed by atoms with Crippen molar-refractivity contribution in [1.29, 1.82) is 0 Å². The third kappa shape index (κ3) is 7.22. The summed E-state index contributed by atoms with van der Waals surface area (Å²) in [7, 11) is 0. The topological polar surface area (TPSA) is 53.2 Å². The number of hydrogen-bond donors (Lipinski definition) is 3. The molecule has 2 aromatic rings. The Morgan fingerprint density at radius 1 is 0.926 bits per heavy atom. The zero-order chi connectivity index (χ0) is 19.9. The van der Waals surface area contributed by atoms with E-state index in [1.54, 1.807) is 0 Å². The zero-order valence-corrected chi connectivity index (χ0v) is 14.2. The molecule has 9 heteroatoms. The Hall–Kier alpha value is -2.68. The molecule has 3 N–H and O–H groups in total. The Labute approximate surface area is 152 Å². The average Bonchev–Trinajstić information content (AvgIpc) is 2.57. The monoisotopic (exact) mass is 387 g/mol. The van der Waals surface area contributed by atoms with Gasteiger partial charge in [-0.1, -0.05) is 0 Å². The minimum Gasteiger partial charge on any atom is -0.338 e. The number of halogens is 5. The van der Waals surface area contributed by atoms with Gasteiger partial charge in [0.05, 0.1) is 5.56 Å². The van der Waals surface area contributed by atoms with Gasteiger partial charge in [-0.25, -0.2) is 13.6 Å². The third-order valence-corrected chi connectivity index (χ3v) is 3.54. The highest BCUT2D eigenvalue weighted by molar-refractivity contribution is 5.89. The van der Waals surface area contributed by atoms with Gasteiger partial charge in [0.2, 0.25) is 0 Å². The standard InChI is InChI=1S/C18H18F5N3O/c19-14-8-12(9-15(20)10-14)11-24-6-1-7-25-17(27)26-16-4-2-13(3-5-16)18(21,22)23/h2-5,8-10,24H,1,6-7,11H2,(H2,25,26,27). The molecule has 0 radical (unpaired) electrons. The molecule has 0 spiro atoms. The second-order valence-corrected chi connectivity index (χ2v) is 5.76. The first-order valence-electron chi connectivity index (χ1n) is 8.12. The first kappa shape index (κ1) is 20.6. The number of anilines is 1. The minimum absolute atomic E-state index is 0.242. The van der Waals surface area contributed by atoms with Gasteiger partial charge < -0.3 is 16.0 Å². The summed E-state index contributed by atoms with van der Waals surface area (Å²) in [4.78, 5) is 11.7. The molecule has 2 amide bonds. The predicted octanol–water partition coefficient (Wildman–Crippen LogP) is 4.29. The molecule has 0 atom stereocenters. The summed E-state index contributed by atoms with van der Waals surface area (Å²) in [6, 6.07) is 6.82. The van der Waals surface area contributed by atoms with Crippen molar-refractivity contribution < 1.29 is 26.7 Å². The fourth-order valence-corrected chi connectivity index (χ4v) is 2.28. The maximum Gasteiger partial charge on any atom is 0.416 e. The van der Waals surface area contributed by atoms with E-state index in [0.29, 0.717) is 25.1 Å². The molecule has 0 aliphatic rings. The lowest BCUT2D eigenvalue weighted by Gasteiger charge is -2.10. The number of rotatable bonds is 7. The molecular weight excluding hydrogens is 369 g/mol. The van der Waals surface area contributed by atoms with Gasteiger partial charge >= 0.3 is 12.2 Å². The average molecular weight is 387 g/mol. The Balaban J connectivity index is 1.63. The predicted molar refractivity (Wildman–Crippen MR) is 91.1 cm³/mol. The number of carbonyl (C=O) groups is 1. The second kappa shape index (κ2) is 9.31. The quantitative estimate of drug-likeness (QED) is 0.491. The van der Waals surface area contributed by atoms with Gasteiger partial charge in [0.15, 0.2) is 0 Å². The van der Waals surface area contributed by atoms with Crippen molar-refractivity contribution >= 4 is 11.7 Å². The maximum atomic E-state index is 13.0. The Bertz CT molecular complexity index is 742. The molecule has 0 fully saturated rings. The maximum absolute atomic E-state index is 13.0. The van der Waals surface area contributed by atoms with Crippen molar-refractivity contribution in [1.82, 2.24) is 10.6 Å². The van der Waals surface area contributed by atoms with E-state index >= 15 is 0 Å². The molecule has 146 valence electrons. The Morgan fingerprint density at radius 3 is 2.15 bits per heavy atom. The van der Waals surface area contributed by atoms with E-state index in [1.807, 2.05) is 0 Å². The number of hydrogen-bond acceptors (Lipinski definition) is 2. The van der Waals surface area contributed by atoms with Gasteiger partial charge in [0.25, 0.3) is 0 Å². The van der Waals surface area contributed by atoms with E-state index in [1.165, 1.54) is 24.3 Å². The van der Waals surface area contributed by atoms with Crippen LogP contribution in [0.5, 0.6) is 0 Å². The molecule has 2 aromatic carbocycles. The Morgan fingerprint density at radius 2 is 1.56 bits per heavy atom. The molecule has 2 rings (SSSR count). The molecule has 0 aliphatic heterocycles. The molecule has 0 heterocycles. The lowest BCUT2D eigenvalue weighted by Crippen LogP contribution is -2.31. The number of nitrogens with one attached hydrogen (secondary N) is 3. The number of alkyl halides is 3. The second-order valence-electron chi connectivity index (χ2n) is 5.76. The van der Waals surface area contributed by atoms with Crippen LogP contribution in [0.1, 0.15) is 17.5 Å². The number of amides is 2. The van der Waals surface area contributed by atoms with E-state index in [4.69, 9.17) is 0 Å². The third-order valence-electron chi connectivity index (χ3n) is 3.54. The lowest BCUT2D eigenvalue weighted by molar-refractivity contribution is -0.137. The van der Waals surface area contributed by atoms with Gasteiger partial charge in [0.1, 0.15) is 11.6 Å². The summed E-state index contributed by atoms with van der Waals surface area (Å²) >= 11 is 0. The smallest absolute Gasteiger partial charge is 0.338 e. The van der Waals surface area contributed by atoms with Gasteiger partial charge in [-0.3, -0.25) is 0 Å². The van der Waals surface area contributed by atoms with Crippen molar-refractivity contribution in [3.05, 3.63) is 65.2 Å². The van der Waals surface area contributed by atoms with Crippen molar-refractivity contribution in [2.24, 2.45) is 0 Å². The van der Waals surface area contributed by atoms with Gasteiger partial charge in [-0.15, -0.1) is 0 Å². The summed E-state index contributed by atoms with van der Waals surface area (Å²) in [6.45, 7) is 1.10. The van der Waals surface area contributed by atoms with Crippen LogP contribution < -0.4 is 16.0 Å². The molecule has 0 unspecified atom stereocenters. The fourth-order valence-electron chi connectivity index (χ4n) is 2.28. The highest BCUT2D eigenvalue weighted by Crippen LogP contribution is 2.29. The van der Waals surface area contributed by atoms with Crippen LogP contribution >= 0.6 is 0 Å². The first-order valence-corrected chi connectivity index (χ1v) is 8.12. The van der Waals surface area contributed by atoms with Crippen LogP contribution in [0.3, 0.4) is 0 Å². The fraction of sp³-hybridized carbons (Fsp3) is 0.278. The highest BCUT2D eigenvalue weighted by Gasteiger charge is 2.29. The van der Waals surface area contributed by atoms with E-state index in [0.717, 1.165) is 18.2 Å². The molecule has 4 nitrogen and oxygen atoms in total. The van der Waals surface area contributed by atoms with Crippen molar-refractivity contribution in [2.75, 3.05) is 18.4 Å². The van der Waals surface area contributed by atoms with Crippen LogP contribution in [0, 0.1) is 11.6 Å². The SMILES string of the molecule is O=C(NCCCNCc1cc(F)cc(F)c1)Nc1ccc(C(F)(F)F)cc1. The van der Waals surface area contributed by atoms with Crippen LogP contribution in [-0.2, 0) is 12.7 Å². The van der Waals surface area contributed by atoms with E-state index in [2.05, 4.69) is 16.0 Å². The van der Waals surface area contributed by atoms with Crippen molar-refractivity contribution in [3.63, 3.8) is 0 Å². The minimum atomic E-state index is -4.43. The molecule has 0 aromatic heterocycles. The van der Waals surface area contributed by atoms with Crippen LogP contribution in [0.25, 0.3) is 0 Å². The molecule has 27 heavy (non-hydrogen) atoms. The summed E-state index contributed by atoms with van der Waals surface area (Å²) in [5, 5.41) is 7.98. The van der Waals surface area contributed by atoms with Crippen LogP contribution in [0.4, 0.5) is 32.4 Å². The lowest BCUT2D eigenvalue weighted by atomic mass is 10.2. The Kier molecular flexibility index (Phi) is 7.12. The molecule has 0 saturated carbocycles. The van der Waals surface area contributed by atoms with Crippen LogP contribution in [0.15, 0.2) is 42.5 Å². The summed E-state index contributed by atoms with van der Waals surface area (Å²) < 4.78 is 63.4. The van der Waals surface area contributed by atoms with Crippen molar-refractivity contribution in [2.45, 2.75) is 19.1 Å². The number of benzene rings is 2. The molecule has 0 bridgehead atoms. The van der Waals surface area contributed by atoms with E-state index in [9.17, 15) is 26.7 Å².